The maximum atomic E-state index is 12.0. The second-order valence-corrected chi connectivity index (χ2v) is 2.48. The van der Waals surface area contributed by atoms with Crippen molar-refractivity contribution in [1.82, 2.24) is 4.98 Å². The first-order chi connectivity index (χ1) is 5.70. The van der Waals surface area contributed by atoms with E-state index in [4.69, 9.17) is 0 Å². The molecular formula is C8H10F2N2. The molecule has 0 saturated heterocycles. The highest BCUT2D eigenvalue weighted by Gasteiger charge is 2.13. The summed E-state index contributed by atoms with van der Waals surface area (Å²) in [5.41, 5.74) is 0. The number of hydrogen-bond acceptors (Lipinski definition) is 2. The molecule has 1 heterocycles. The summed E-state index contributed by atoms with van der Waals surface area (Å²) >= 11 is 0. The molecule has 1 N–H and O–H groups in total. The molecule has 0 saturated carbocycles. The van der Waals surface area contributed by atoms with E-state index in [2.05, 4.69) is 10.3 Å². The maximum Gasteiger partial charge on any atom is 0.258 e. The first kappa shape index (κ1) is 8.90. The van der Waals surface area contributed by atoms with Gasteiger partial charge in [-0.3, -0.25) is 0 Å². The molecule has 1 aromatic rings. The van der Waals surface area contributed by atoms with Gasteiger partial charge in [-0.15, -0.1) is 0 Å². The topological polar surface area (TPSA) is 24.9 Å². The van der Waals surface area contributed by atoms with Crippen molar-refractivity contribution in [2.45, 2.75) is 19.4 Å². The average molecular weight is 172 g/mol. The predicted molar refractivity (Wildman–Crippen MR) is 43.3 cm³/mol. The van der Waals surface area contributed by atoms with E-state index in [0.29, 0.717) is 5.82 Å². The number of rotatable bonds is 3. The van der Waals surface area contributed by atoms with Crippen LogP contribution in [0.3, 0.4) is 0 Å². The van der Waals surface area contributed by atoms with Crippen LogP contribution in [0, 0.1) is 0 Å². The Balaban J connectivity index is 2.53. The summed E-state index contributed by atoms with van der Waals surface area (Å²) in [6.45, 7) is 1.42. The largest absolute Gasteiger partial charge is 0.362 e. The molecule has 2 nitrogen and oxygen atoms in total. The molecule has 0 amide bonds. The minimum absolute atomic E-state index is 0.477. The summed E-state index contributed by atoms with van der Waals surface area (Å²) in [5, 5.41) is 2.58. The molecule has 0 aliphatic heterocycles. The summed E-state index contributed by atoms with van der Waals surface area (Å²) in [6, 6.07) is 4.27. The van der Waals surface area contributed by atoms with E-state index < -0.39 is 12.5 Å². The summed E-state index contributed by atoms with van der Waals surface area (Å²) in [4.78, 5) is 3.86. The lowest BCUT2D eigenvalue weighted by molar-refractivity contribution is 0.130. The van der Waals surface area contributed by atoms with Crippen LogP contribution in [0.1, 0.15) is 6.92 Å². The molecular weight excluding hydrogens is 162 g/mol. The summed E-state index contributed by atoms with van der Waals surface area (Å²) in [5.74, 6) is 0.477. The summed E-state index contributed by atoms with van der Waals surface area (Å²) in [7, 11) is 0. The lowest BCUT2D eigenvalue weighted by atomic mass is 10.3. The van der Waals surface area contributed by atoms with Crippen molar-refractivity contribution in [2.24, 2.45) is 0 Å². The van der Waals surface area contributed by atoms with Gasteiger partial charge in [-0.25, -0.2) is 13.8 Å². The second-order valence-electron chi connectivity index (χ2n) is 2.48. The first-order valence-corrected chi connectivity index (χ1v) is 3.66. The molecule has 0 radical (unpaired) electrons. The van der Waals surface area contributed by atoms with Gasteiger partial charge in [0.05, 0.1) is 6.04 Å². The van der Waals surface area contributed by atoms with Gasteiger partial charge in [0.15, 0.2) is 0 Å². The van der Waals surface area contributed by atoms with Crippen LogP contribution in [0.25, 0.3) is 0 Å². The molecule has 0 aromatic carbocycles. The van der Waals surface area contributed by atoms with Gasteiger partial charge in [-0.05, 0) is 19.1 Å². The van der Waals surface area contributed by atoms with Gasteiger partial charge in [-0.1, -0.05) is 6.07 Å². The number of nitrogens with zero attached hydrogens (tertiary/aromatic N) is 1. The standard InChI is InChI=1S/C8H10F2N2/c1-6(8(9)10)12-7-4-2-3-5-11-7/h2-6,8H,1H3,(H,11,12). The third-order valence-electron chi connectivity index (χ3n) is 1.42. The number of halogens is 2. The van der Waals surface area contributed by atoms with Crippen molar-refractivity contribution >= 4 is 5.82 Å². The fraction of sp³-hybridized carbons (Fsp3) is 0.375. The van der Waals surface area contributed by atoms with Gasteiger partial charge in [0, 0.05) is 6.20 Å². The Morgan fingerprint density at radius 1 is 1.42 bits per heavy atom. The maximum absolute atomic E-state index is 12.0. The molecule has 1 aromatic heterocycles. The van der Waals surface area contributed by atoms with Crippen LogP contribution in [0.5, 0.6) is 0 Å². The third-order valence-corrected chi connectivity index (χ3v) is 1.42. The molecule has 0 spiro atoms. The van der Waals surface area contributed by atoms with Crippen LogP contribution in [-0.4, -0.2) is 17.5 Å². The molecule has 1 unspecified atom stereocenters. The SMILES string of the molecule is CC(Nc1ccccn1)C(F)F. The van der Waals surface area contributed by atoms with Gasteiger partial charge in [0.1, 0.15) is 5.82 Å². The molecule has 12 heavy (non-hydrogen) atoms. The zero-order valence-electron chi connectivity index (χ0n) is 6.67. The number of alkyl halides is 2. The van der Waals surface area contributed by atoms with E-state index in [-0.39, 0.29) is 0 Å². The Kier molecular flexibility index (Phi) is 2.96. The number of aromatic nitrogens is 1. The molecule has 0 fully saturated rings. The highest BCUT2D eigenvalue weighted by atomic mass is 19.3. The van der Waals surface area contributed by atoms with Crippen LogP contribution in [0.15, 0.2) is 24.4 Å². The quantitative estimate of drug-likeness (QED) is 0.755. The lowest BCUT2D eigenvalue weighted by Gasteiger charge is -2.12. The van der Waals surface area contributed by atoms with Gasteiger partial charge >= 0.3 is 0 Å². The summed E-state index contributed by atoms with van der Waals surface area (Å²) < 4.78 is 24.0. The third kappa shape index (κ3) is 2.45. The average Bonchev–Trinajstić information content (AvgIpc) is 2.06. The van der Waals surface area contributed by atoms with Crippen LogP contribution >= 0.6 is 0 Å². The van der Waals surface area contributed by atoms with Crippen LogP contribution in [0.2, 0.25) is 0 Å². The number of hydrogen-bond donors (Lipinski definition) is 1. The minimum atomic E-state index is -2.37. The van der Waals surface area contributed by atoms with Gasteiger partial charge in [-0.2, -0.15) is 0 Å². The van der Waals surface area contributed by atoms with E-state index in [1.165, 1.54) is 6.92 Å². The van der Waals surface area contributed by atoms with Gasteiger partial charge < -0.3 is 5.32 Å². The Bertz CT molecular complexity index is 226. The normalized spacial score (nSPS) is 13.0. The molecule has 1 atom stereocenters. The van der Waals surface area contributed by atoms with Crippen molar-refractivity contribution in [3.63, 3.8) is 0 Å². The van der Waals surface area contributed by atoms with E-state index in [1.54, 1.807) is 24.4 Å². The van der Waals surface area contributed by atoms with Crippen molar-refractivity contribution in [3.05, 3.63) is 24.4 Å². The second kappa shape index (κ2) is 3.99. The van der Waals surface area contributed by atoms with Crippen LogP contribution in [-0.2, 0) is 0 Å². The fourth-order valence-electron chi connectivity index (χ4n) is 0.744. The minimum Gasteiger partial charge on any atom is -0.362 e. The fourth-order valence-corrected chi connectivity index (χ4v) is 0.744. The smallest absolute Gasteiger partial charge is 0.258 e. The zero-order valence-corrected chi connectivity index (χ0v) is 6.67. The van der Waals surface area contributed by atoms with Crippen molar-refractivity contribution in [3.8, 4) is 0 Å². The zero-order chi connectivity index (χ0) is 8.97. The number of nitrogens with one attached hydrogen (secondary N) is 1. The first-order valence-electron chi connectivity index (χ1n) is 3.66. The molecule has 66 valence electrons. The lowest BCUT2D eigenvalue weighted by Crippen LogP contribution is -2.24. The van der Waals surface area contributed by atoms with E-state index in [0.717, 1.165) is 0 Å². The molecule has 0 aliphatic carbocycles. The molecule has 0 aliphatic rings. The Morgan fingerprint density at radius 2 is 2.17 bits per heavy atom. The van der Waals surface area contributed by atoms with Gasteiger partial charge in [0.25, 0.3) is 6.43 Å². The van der Waals surface area contributed by atoms with Crippen molar-refractivity contribution < 1.29 is 8.78 Å². The van der Waals surface area contributed by atoms with Crippen LogP contribution in [0.4, 0.5) is 14.6 Å². The highest BCUT2D eigenvalue weighted by Crippen LogP contribution is 2.07. The molecule has 1 rings (SSSR count). The molecule has 0 bridgehead atoms. The Labute approximate surface area is 69.6 Å². The van der Waals surface area contributed by atoms with E-state index in [1.807, 2.05) is 0 Å². The number of pyridine rings is 1. The summed E-state index contributed by atoms with van der Waals surface area (Å²) in [6.07, 6.45) is -0.812. The Hall–Kier alpha value is -1.19. The van der Waals surface area contributed by atoms with E-state index in [9.17, 15) is 8.78 Å². The van der Waals surface area contributed by atoms with Crippen LogP contribution < -0.4 is 5.32 Å². The Morgan fingerprint density at radius 3 is 2.67 bits per heavy atom. The number of anilines is 1. The van der Waals surface area contributed by atoms with Crippen molar-refractivity contribution in [1.29, 1.82) is 0 Å². The van der Waals surface area contributed by atoms with Gasteiger partial charge in [0.2, 0.25) is 0 Å². The molecule has 4 heteroatoms. The predicted octanol–water partition coefficient (Wildman–Crippen LogP) is 2.15. The highest BCUT2D eigenvalue weighted by molar-refractivity contribution is 5.34. The monoisotopic (exact) mass is 172 g/mol. The van der Waals surface area contributed by atoms with E-state index >= 15 is 0 Å². The van der Waals surface area contributed by atoms with Crippen molar-refractivity contribution in [2.75, 3.05) is 5.32 Å².